The number of fused-ring (bicyclic) bond motifs is 1. The first kappa shape index (κ1) is 22.9. The molecule has 2 aliphatic heterocycles. The summed E-state index contributed by atoms with van der Waals surface area (Å²) in [5.74, 6) is -0.413. The molecule has 4 rings (SSSR count). The average Bonchev–Trinajstić information content (AvgIpc) is 2.81. The van der Waals surface area contributed by atoms with Gasteiger partial charge in [0.05, 0.1) is 0 Å². The Bertz CT molecular complexity index is 947. The maximum Gasteiger partial charge on any atom is 0.356 e. The highest BCUT2D eigenvalue weighted by atomic mass is 35.5. The Hall–Kier alpha value is -2.81. The van der Waals surface area contributed by atoms with E-state index in [1.165, 1.54) is 16.7 Å². The van der Waals surface area contributed by atoms with E-state index >= 15 is 0 Å². The number of β-lactam (4-membered cyclic amide) rings is 1. The van der Waals surface area contributed by atoms with Crippen LogP contribution in [0, 0.1) is 0 Å². The summed E-state index contributed by atoms with van der Waals surface area (Å²) in [6.07, 6.45) is -0.620. The molecular weight excluding hydrogens is 438 g/mol. The molecule has 1 saturated heterocycles. The van der Waals surface area contributed by atoms with E-state index in [0.29, 0.717) is 11.3 Å². The van der Waals surface area contributed by atoms with Crippen LogP contribution < -0.4 is 5.73 Å². The van der Waals surface area contributed by atoms with Crippen molar-refractivity contribution >= 4 is 42.8 Å². The zero-order chi connectivity index (χ0) is 21.1. The minimum atomic E-state index is -0.628. The number of carbonyl (C=O) groups excluding carboxylic acids is 2. The molecule has 2 aliphatic rings. The summed E-state index contributed by atoms with van der Waals surface area (Å²) in [6, 6.07) is 18.3. The number of thioether (sulfide) groups is 1. The first-order valence-electron chi connectivity index (χ1n) is 9.43. The number of benzene rings is 2. The van der Waals surface area contributed by atoms with Gasteiger partial charge in [-0.15, -0.1) is 29.3 Å². The van der Waals surface area contributed by atoms with Gasteiger partial charge >= 0.3 is 5.97 Å². The van der Waals surface area contributed by atoms with E-state index in [4.69, 9.17) is 15.3 Å². The lowest BCUT2D eigenvalue weighted by atomic mass is 10.0. The number of hydrogen-bond acceptors (Lipinski definition) is 7. The molecule has 2 atom stereocenters. The third kappa shape index (κ3) is 4.46. The van der Waals surface area contributed by atoms with Crippen molar-refractivity contribution in [1.29, 1.82) is 0 Å². The third-order valence-corrected chi connectivity index (χ3v) is 6.40. The number of esters is 1. The highest BCUT2D eigenvalue weighted by Crippen LogP contribution is 2.40. The van der Waals surface area contributed by atoms with E-state index in [-0.39, 0.29) is 36.0 Å². The van der Waals surface area contributed by atoms with Crippen molar-refractivity contribution in [3.63, 3.8) is 0 Å². The summed E-state index contributed by atoms with van der Waals surface area (Å²) < 4.78 is 5.97. The summed E-state index contributed by atoms with van der Waals surface area (Å²) in [5, 5.41) is 3.12. The van der Waals surface area contributed by atoms with Crippen LogP contribution in [0.25, 0.3) is 0 Å². The number of rotatable bonds is 7. The average molecular weight is 460 g/mol. The fourth-order valence-electron chi connectivity index (χ4n) is 3.55. The molecular formula is C22H22ClN3O4S. The number of nitrogens with zero attached hydrogens (tertiary/aromatic N) is 2. The third-order valence-electron chi connectivity index (χ3n) is 5.04. The van der Waals surface area contributed by atoms with Gasteiger partial charge in [0.2, 0.25) is 5.91 Å². The van der Waals surface area contributed by atoms with Crippen LogP contribution in [0.4, 0.5) is 0 Å². The molecule has 2 aromatic rings. The molecule has 162 valence electrons. The summed E-state index contributed by atoms with van der Waals surface area (Å²) in [6.45, 7) is 3.35. The standard InChI is InChI=1S/C22H21N3O4S.ClH/c1-24-28-12-16-13-30-21-17(23)20(26)25(21)18(16)22(27)29-19(14-8-4-2-5-9-14)15-10-6-3-7-11-15;/h2-11,17,19,21H,1,12-13,23H2;1H/t17?,21-;/m1./s1. The van der Waals surface area contributed by atoms with E-state index in [0.717, 1.165) is 11.1 Å². The molecule has 0 aromatic heterocycles. The Morgan fingerprint density at radius 1 is 1.16 bits per heavy atom. The Morgan fingerprint density at radius 3 is 2.29 bits per heavy atom. The number of hydrogen-bond donors (Lipinski definition) is 1. The lowest BCUT2D eigenvalue weighted by molar-refractivity contribution is -0.153. The summed E-state index contributed by atoms with van der Waals surface area (Å²) in [7, 11) is 0. The van der Waals surface area contributed by atoms with Crippen molar-refractivity contribution in [3.05, 3.63) is 83.1 Å². The monoisotopic (exact) mass is 459 g/mol. The van der Waals surface area contributed by atoms with E-state index < -0.39 is 18.1 Å². The van der Waals surface area contributed by atoms with E-state index in [9.17, 15) is 9.59 Å². The molecule has 0 aliphatic carbocycles. The number of amides is 1. The van der Waals surface area contributed by atoms with Gasteiger partial charge in [-0.2, -0.15) is 0 Å². The van der Waals surface area contributed by atoms with Crippen molar-refractivity contribution in [1.82, 2.24) is 4.90 Å². The lowest BCUT2D eigenvalue weighted by Gasteiger charge is -2.48. The predicted octanol–water partition coefficient (Wildman–Crippen LogP) is 2.87. The van der Waals surface area contributed by atoms with Gasteiger partial charge in [-0.05, 0) is 11.1 Å². The largest absolute Gasteiger partial charge is 0.448 e. The highest BCUT2D eigenvalue weighted by Gasteiger charge is 2.52. The number of halogens is 1. The van der Waals surface area contributed by atoms with Crippen molar-refractivity contribution in [2.45, 2.75) is 17.5 Å². The highest BCUT2D eigenvalue weighted by molar-refractivity contribution is 8.00. The van der Waals surface area contributed by atoms with Crippen LogP contribution in [0.5, 0.6) is 0 Å². The fraction of sp³-hybridized carbons (Fsp3) is 0.227. The van der Waals surface area contributed by atoms with Crippen molar-refractivity contribution < 1.29 is 19.2 Å². The van der Waals surface area contributed by atoms with Gasteiger partial charge in [-0.25, -0.2) is 4.79 Å². The van der Waals surface area contributed by atoms with Crippen LogP contribution in [0.15, 0.2) is 77.1 Å². The Balaban J connectivity index is 0.00000272. The number of carbonyl (C=O) groups is 2. The second kappa shape index (κ2) is 10.00. The molecule has 0 saturated carbocycles. The first-order chi connectivity index (χ1) is 14.6. The van der Waals surface area contributed by atoms with Crippen LogP contribution in [-0.2, 0) is 19.2 Å². The number of nitrogens with two attached hydrogens (primary N) is 1. The van der Waals surface area contributed by atoms with Gasteiger partial charge < -0.3 is 15.3 Å². The first-order valence-corrected chi connectivity index (χ1v) is 10.5. The van der Waals surface area contributed by atoms with E-state index in [1.54, 1.807) is 0 Å². The lowest BCUT2D eigenvalue weighted by Crippen LogP contribution is -2.68. The van der Waals surface area contributed by atoms with Gasteiger partial charge in [0.25, 0.3) is 0 Å². The number of oxime groups is 1. The molecule has 0 radical (unpaired) electrons. The molecule has 2 aromatic carbocycles. The normalized spacial score (nSPS) is 19.8. The molecule has 1 fully saturated rings. The van der Waals surface area contributed by atoms with Crippen LogP contribution in [0.2, 0.25) is 0 Å². The van der Waals surface area contributed by atoms with Crippen LogP contribution >= 0.6 is 24.2 Å². The summed E-state index contributed by atoms with van der Waals surface area (Å²) >= 11 is 1.49. The summed E-state index contributed by atoms with van der Waals surface area (Å²) in [5.41, 5.74) is 8.39. The smallest absolute Gasteiger partial charge is 0.356 e. The Labute approximate surface area is 190 Å². The second-order valence-corrected chi connectivity index (χ2v) is 8.00. The van der Waals surface area contributed by atoms with Gasteiger partial charge in [0, 0.05) is 18.0 Å². The molecule has 1 unspecified atom stereocenters. The summed E-state index contributed by atoms with van der Waals surface area (Å²) in [4.78, 5) is 32.2. The molecule has 9 heteroatoms. The molecule has 7 nitrogen and oxygen atoms in total. The van der Waals surface area contributed by atoms with Crippen LogP contribution in [0.3, 0.4) is 0 Å². The van der Waals surface area contributed by atoms with Crippen LogP contribution in [-0.4, -0.2) is 47.3 Å². The van der Waals surface area contributed by atoms with Crippen molar-refractivity contribution in [2.24, 2.45) is 10.9 Å². The predicted molar refractivity (Wildman–Crippen MR) is 122 cm³/mol. The van der Waals surface area contributed by atoms with Gasteiger partial charge in [0.1, 0.15) is 23.7 Å². The minimum absolute atomic E-state index is 0. The topological polar surface area (TPSA) is 94.2 Å². The van der Waals surface area contributed by atoms with Gasteiger partial charge in [-0.1, -0.05) is 60.7 Å². The zero-order valence-electron chi connectivity index (χ0n) is 16.5. The van der Waals surface area contributed by atoms with E-state index in [1.807, 2.05) is 60.7 Å². The van der Waals surface area contributed by atoms with Gasteiger partial charge in [-0.3, -0.25) is 9.69 Å². The van der Waals surface area contributed by atoms with E-state index in [2.05, 4.69) is 11.9 Å². The second-order valence-electron chi connectivity index (χ2n) is 6.90. The molecule has 2 heterocycles. The SMILES string of the molecule is C=NOCC1=C(C(=O)OC(c2ccccc2)c2ccccc2)N2C(=O)C(N)[C@H]2SC1.Cl. The molecule has 1 amide bonds. The van der Waals surface area contributed by atoms with Crippen molar-refractivity contribution in [3.8, 4) is 0 Å². The maximum absolute atomic E-state index is 13.3. The van der Waals surface area contributed by atoms with Crippen molar-refractivity contribution in [2.75, 3.05) is 12.4 Å². The fourth-order valence-corrected chi connectivity index (χ4v) is 4.82. The quantitative estimate of drug-likeness (QED) is 0.296. The van der Waals surface area contributed by atoms with Gasteiger partial charge in [0.15, 0.2) is 6.10 Å². The maximum atomic E-state index is 13.3. The minimum Gasteiger partial charge on any atom is -0.448 e. The number of ether oxygens (including phenoxy) is 1. The molecule has 2 N–H and O–H groups in total. The Kier molecular flexibility index (Phi) is 7.37. The molecule has 0 bridgehead atoms. The molecule has 0 spiro atoms. The molecule has 31 heavy (non-hydrogen) atoms. The van der Waals surface area contributed by atoms with Crippen LogP contribution in [0.1, 0.15) is 17.2 Å². The zero-order valence-corrected chi connectivity index (χ0v) is 18.2. The Morgan fingerprint density at radius 2 is 1.74 bits per heavy atom.